The van der Waals surface area contributed by atoms with Gasteiger partial charge in [-0.15, -0.1) is 0 Å². The minimum absolute atomic E-state index is 0.0643. The predicted octanol–water partition coefficient (Wildman–Crippen LogP) is 1.68. The maximum atomic E-state index is 13.0. The van der Waals surface area contributed by atoms with E-state index in [-0.39, 0.29) is 19.1 Å². The lowest BCUT2D eigenvalue weighted by Crippen LogP contribution is -2.48. The molecule has 1 N–H and O–H groups in total. The highest BCUT2D eigenvalue weighted by atomic mass is 16.5. The molecule has 4 rings (SSSR count). The van der Waals surface area contributed by atoms with Gasteiger partial charge in [0, 0.05) is 12.5 Å². The first-order valence-electron chi connectivity index (χ1n) is 8.42. The summed E-state index contributed by atoms with van der Waals surface area (Å²) in [6, 6.07) is 9.74. The molecule has 0 bridgehead atoms. The van der Waals surface area contributed by atoms with Crippen molar-refractivity contribution in [1.82, 2.24) is 14.7 Å². The van der Waals surface area contributed by atoms with Crippen LogP contribution in [0.25, 0.3) is 5.69 Å². The monoisotopic (exact) mass is 341 g/mol. The third kappa shape index (κ3) is 3.02. The molecule has 2 heterocycles. The van der Waals surface area contributed by atoms with E-state index in [1.54, 1.807) is 11.1 Å². The number of aliphatic carboxylic acids is 1. The van der Waals surface area contributed by atoms with E-state index < -0.39 is 12.1 Å². The van der Waals surface area contributed by atoms with Crippen LogP contribution in [0.3, 0.4) is 0 Å². The van der Waals surface area contributed by atoms with Crippen LogP contribution in [0.5, 0.6) is 0 Å². The van der Waals surface area contributed by atoms with Gasteiger partial charge in [0.25, 0.3) is 5.91 Å². The first kappa shape index (κ1) is 15.8. The van der Waals surface area contributed by atoms with E-state index in [0.717, 1.165) is 24.2 Å². The molecule has 2 aromatic rings. The highest BCUT2D eigenvalue weighted by molar-refractivity contribution is 5.96. The molecule has 1 atom stereocenters. The van der Waals surface area contributed by atoms with E-state index in [1.165, 1.54) is 0 Å². The van der Waals surface area contributed by atoms with Gasteiger partial charge >= 0.3 is 5.97 Å². The molecule has 0 spiro atoms. The van der Waals surface area contributed by atoms with Crippen molar-refractivity contribution in [3.63, 3.8) is 0 Å². The average Bonchev–Trinajstić information content (AvgIpc) is 3.40. The summed E-state index contributed by atoms with van der Waals surface area (Å²) >= 11 is 0. The minimum atomic E-state index is -1.04. The zero-order chi connectivity index (χ0) is 17.4. The topological polar surface area (TPSA) is 84.7 Å². The molecule has 1 aliphatic heterocycles. The second-order valence-electron chi connectivity index (χ2n) is 6.41. The third-order valence-corrected chi connectivity index (χ3v) is 4.63. The number of ether oxygens (including phenoxy) is 1. The van der Waals surface area contributed by atoms with Gasteiger partial charge in [0.05, 0.1) is 36.3 Å². The van der Waals surface area contributed by atoms with Gasteiger partial charge in [-0.25, -0.2) is 9.48 Å². The number of aromatic nitrogens is 2. The lowest BCUT2D eigenvalue weighted by atomic mass is 10.1. The molecule has 130 valence electrons. The van der Waals surface area contributed by atoms with Crippen molar-refractivity contribution in [2.75, 3.05) is 19.7 Å². The Morgan fingerprint density at radius 2 is 1.96 bits per heavy atom. The lowest BCUT2D eigenvalue weighted by molar-refractivity contribution is -0.154. The summed E-state index contributed by atoms with van der Waals surface area (Å²) in [6.45, 7) is 0.687. The van der Waals surface area contributed by atoms with Crippen molar-refractivity contribution >= 4 is 11.9 Å². The molecule has 1 saturated heterocycles. The molecule has 1 unspecified atom stereocenters. The Balaban J connectivity index is 1.65. The first-order valence-corrected chi connectivity index (χ1v) is 8.42. The smallest absolute Gasteiger partial charge is 0.334 e. The van der Waals surface area contributed by atoms with Crippen LogP contribution in [-0.4, -0.2) is 57.5 Å². The quantitative estimate of drug-likeness (QED) is 0.914. The number of nitrogens with zero attached hydrogens (tertiary/aromatic N) is 3. The molecule has 1 aliphatic carbocycles. The van der Waals surface area contributed by atoms with Crippen LogP contribution >= 0.6 is 0 Å². The molecule has 7 heteroatoms. The summed E-state index contributed by atoms with van der Waals surface area (Å²) in [5.41, 5.74) is 2.42. The lowest BCUT2D eigenvalue weighted by Gasteiger charge is -2.30. The summed E-state index contributed by atoms with van der Waals surface area (Å²) in [5, 5.41) is 13.6. The SMILES string of the molecule is O=C(O)C1CN(C(=O)c2cnn(-c3ccccc3)c2C2CC2)CCO1. The maximum Gasteiger partial charge on any atom is 0.334 e. The van der Waals surface area contributed by atoms with Crippen LogP contribution in [0, 0.1) is 0 Å². The number of hydrogen-bond donors (Lipinski definition) is 1. The number of carbonyl (C=O) groups is 2. The van der Waals surface area contributed by atoms with E-state index in [9.17, 15) is 9.59 Å². The van der Waals surface area contributed by atoms with Crippen LogP contribution in [0.15, 0.2) is 36.5 Å². The van der Waals surface area contributed by atoms with Gasteiger partial charge in [0.1, 0.15) is 0 Å². The molecule has 25 heavy (non-hydrogen) atoms. The van der Waals surface area contributed by atoms with Crippen LogP contribution in [0.1, 0.15) is 34.8 Å². The Bertz CT molecular complexity index is 798. The van der Waals surface area contributed by atoms with Crippen molar-refractivity contribution in [2.45, 2.75) is 24.9 Å². The molecule has 1 amide bonds. The van der Waals surface area contributed by atoms with Crippen LogP contribution in [0.4, 0.5) is 0 Å². The number of carbonyl (C=O) groups excluding carboxylic acids is 1. The van der Waals surface area contributed by atoms with E-state index in [4.69, 9.17) is 9.84 Å². The Hall–Kier alpha value is -2.67. The van der Waals surface area contributed by atoms with Gasteiger partial charge < -0.3 is 14.7 Å². The fourth-order valence-corrected chi connectivity index (χ4v) is 3.20. The number of morpholine rings is 1. The third-order valence-electron chi connectivity index (χ3n) is 4.63. The fraction of sp³-hybridized carbons (Fsp3) is 0.389. The van der Waals surface area contributed by atoms with Crippen LogP contribution in [0.2, 0.25) is 0 Å². The van der Waals surface area contributed by atoms with E-state index >= 15 is 0 Å². The van der Waals surface area contributed by atoms with Gasteiger partial charge in [0.2, 0.25) is 0 Å². The van der Waals surface area contributed by atoms with Crippen molar-refractivity contribution in [2.24, 2.45) is 0 Å². The van der Waals surface area contributed by atoms with Crippen LogP contribution < -0.4 is 0 Å². The number of benzene rings is 1. The van der Waals surface area contributed by atoms with E-state index in [2.05, 4.69) is 5.10 Å². The van der Waals surface area contributed by atoms with E-state index in [1.807, 2.05) is 35.0 Å². The van der Waals surface area contributed by atoms with Crippen molar-refractivity contribution in [3.05, 3.63) is 47.8 Å². The van der Waals surface area contributed by atoms with Gasteiger partial charge in [-0.2, -0.15) is 5.10 Å². The Kier molecular flexibility index (Phi) is 4.01. The highest BCUT2D eigenvalue weighted by Crippen LogP contribution is 2.42. The summed E-state index contributed by atoms with van der Waals surface area (Å²) in [6.07, 6.45) is 2.72. The predicted molar refractivity (Wildman–Crippen MR) is 88.8 cm³/mol. The summed E-state index contributed by atoms with van der Waals surface area (Å²) in [4.78, 5) is 25.7. The molecule has 0 radical (unpaired) electrons. The summed E-state index contributed by atoms with van der Waals surface area (Å²) < 4.78 is 7.04. The second-order valence-corrected chi connectivity index (χ2v) is 6.41. The van der Waals surface area contributed by atoms with Crippen LogP contribution in [-0.2, 0) is 9.53 Å². The fourth-order valence-electron chi connectivity index (χ4n) is 3.20. The molecule has 7 nitrogen and oxygen atoms in total. The average molecular weight is 341 g/mol. The Morgan fingerprint density at radius 3 is 2.64 bits per heavy atom. The molecular weight excluding hydrogens is 322 g/mol. The van der Waals surface area contributed by atoms with Gasteiger partial charge in [0.15, 0.2) is 6.10 Å². The highest BCUT2D eigenvalue weighted by Gasteiger charge is 2.36. The Labute approximate surface area is 144 Å². The largest absolute Gasteiger partial charge is 0.479 e. The summed E-state index contributed by atoms with van der Waals surface area (Å²) in [5.74, 6) is -0.878. The molecule has 2 aliphatic rings. The normalized spacial score (nSPS) is 20.5. The number of carboxylic acids is 1. The van der Waals surface area contributed by atoms with Gasteiger partial charge in [-0.05, 0) is 25.0 Å². The number of hydrogen-bond acceptors (Lipinski definition) is 4. The number of para-hydroxylation sites is 1. The summed E-state index contributed by atoms with van der Waals surface area (Å²) in [7, 11) is 0. The number of rotatable bonds is 4. The zero-order valence-corrected chi connectivity index (χ0v) is 13.7. The molecule has 1 aromatic heterocycles. The van der Waals surface area contributed by atoms with E-state index in [0.29, 0.717) is 18.0 Å². The van der Waals surface area contributed by atoms with Gasteiger partial charge in [-0.3, -0.25) is 4.79 Å². The van der Waals surface area contributed by atoms with Gasteiger partial charge in [-0.1, -0.05) is 18.2 Å². The Morgan fingerprint density at radius 1 is 1.20 bits per heavy atom. The van der Waals surface area contributed by atoms with Crippen molar-refractivity contribution in [3.8, 4) is 5.69 Å². The minimum Gasteiger partial charge on any atom is -0.479 e. The second kappa shape index (κ2) is 6.33. The standard InChI is InChI=1S/C18H19N3O4/c22-17(20-8-9-25-15(11-20)18(23)24)14-10-19-21(16(14)12-6-7-12)13-4-2-1-3-5-13/h1-5,10,12,15H,6-9,11H2,(H,23,24). The molecular formula is C18H19N3O4. The zero-order valence-electron chi connectivity index (χ0n) is 13.7. The molecule has 1 saturated carbocycles. The number of carboxylic acid groups (broad SMARTS) is 1. The number of amides is 1. The van der Waals surface area contributed by atoms with Crippen molar-refractivity contribution in [1.29, 1.82) is 0 Å². The molecule has 1 aromatic carbocycles. The molecule has 2 fully saturated rings. The van der Waals surface area contributed by atoms with Crippen molar-refractivity contribution < 1.29 is 19.4 Å². The first-order chi connectivity index (χ1) is 12.1. The maximum absolute atomic E-state index is 13.0.